The van der Waals surface area contributed by atoms with Crippen LogP contribution in [-0.4, -0.2) is 33.8 Å². The molecule has 0 amide bonds. The van der Waals surface area contributed by atoms with Gasteiger partial charge in [0.25, 0.3) is 0 Å². The monoisotopic (exact) mass is 257 g/mol. The molecule has 0 N–H and O–H groups in total. The molecule has 0 bridgehead atoms. The molecule has 2 nitrogen and oxygen atoms in total. The molecule has 2 fully saturated rings. The molecule has 1 aliphatic heterocycles. The van der Waals surface area contributed by atoms with E-state index in [0.29, 0.717) is 0 Å². The van der Waals surface area contributed by atoms with Crippen LogP contribution in [-0.2, 0) is 4.74 Å². The first-order valence-corrected chi connectivity index (χ1v) is 7.37. The van der Waals surface area contributed by atoms with Crippen molar-refractivity contribution in [3.63, 3.8) is 0 Å². The van der Waals surface area contributed by atoms with Gasteiger partial charge in [0, 0.05) is 12.3 Å². The first-order valence-electron chi connectivity index (χ1n) is 5.98. The number of hydrogen-bond acceptors (Lipinski definition) is 3. The van der Waals surface area contributed by atoms with Crippen LogP contribution in [0.2, 0.25) is 0 Å². The zero-order valence-corrected chi connectivity index (χ0v) is 11.2. The van der Waals surface area contributed by atoms with Crippen LogP contribution < -0.4 is 0 Å². The van der Waals surface area contributed by atoms with Gasteiger partial charge in [-0.2, -0.15) is 0 Å². The average Bonchev–Trinajstić information content (AvgIpc) is 2.70. The molecule has 1 saturated carbocycles. The molecule has 2 rings (SSSR count). The van der Waals surface area contributed by atoms with E-state index in [1.807, 2.05) is 6.08 Å². The molecular formula is C12H19NOS2. The quantitative estimate of drug-likeness (QED) is 0.556. The first kappa shape index (κ1) is 12.4. The summed E-state index contributed by atoms with van der Waals surface area (Å²) in [6.45, 7) is 5.52. The third kappa shape index (κ3) is 2.44. The van der Waals surface area contributed by atoms with E-state index >= 15 is 0 Å². The third-order valence-corrected chi connectivity index (χ3v) is 4.80. The van der Waals surface area contributed by atoms with Gasteiger partial charge in [-0.25, -0.2) is 0 Å². The van der Waals surface area contributed by atoms with Gasteiger partial charge in [-0.1, -0.05) is 36.5 Å². The maximum Gasteiger partial charge on any atom is 0.142 e. The molecule has 0 unspecified atom stereocenters. The Balaban J connectivity index is 2.01. The molecule has 90 valence electrons. The molecule has 1 spiro atoms. The maximum atomic E-state index is 5.99. The summed E-state index contributed by atoms with van der Waals surface area (Å²) < 4.78 is 6.98. The molecule has 16 heavy (non-hydrogen) atoms. The van der Waals surface area contributed by atoms with Gasteiger partial charge in [-0.05, 0) is 25.7 Å². The topological polar surface area (TPSA) is 12.5 Å². The number of hydrogen-bond donors (Lipinski definition) is 0. The van der Waals surface area contributed by atoms with E-state index in [-0.39, 0.29) is 5.72 Å². The van der Waals surface area contributed by atoms with E-state index in [1.165, 1.54) is 19.3 Å². The van der Waals surface area contributed by atoms with Gasteiger partial charge in [-0.3, -0.25) is 0 Å². The predicted molar refractivity (Wildman–Crippen MR) is 73.7 cm³/mol. The minimum atomic E-state index is -0.0521. The second-order valence-electron chi connectivity index (χ2n) is 4.37. The summed E-state index contributed by atoms with van der Waals surface area (Å²) in [5.41, 5.74) is -0.0521. The normalized spacial score (nSPS) is 23.6. The van der Waals surface area contributed by atoms with Crippen molar-refractivity contribution in [2.45, 2.75) is 37.8 Å². The molecule has 1 aliphatic carbocycles. The van der Waals surface area contributed by atoms with E-state index < -0.39 is 0 Å². The lowest BCUT2D eigenvalue weighted by Crippen LogP contribution is -2.48. The van der Waals surface area contributed by atoms with Crippen LogP contribution in [0.4, 0.5) is 0 Å². The summed E-state index contributed by atoms with van der Waals surface area (Å²) in [5, 5.41) is 0. The smallest absolute Gasteiger partial charge is 0.142 e. The Morgan fingerprint density at radius 2 is 2.19 bits per heavy atom. The van der Waals surface area contributed by atoms with Gasteiger partial charge >= 0.3 is 0 Å². The van der Waals surface area contributed by atoms with Crippen LogP contribution in [0.25, 0.3) is 0 Å². The molecule has 0 atom stereocenters. The lowest BCUT2D eigenvalue weighted by molar-refractivity contribution is -0.0792. The molecular weight excluding hydrogens is 238 g/mol. The molecule has 2 aliphatic rings. The van der Waals surface area contributed by atoms with E-state index in [1.54, 1.807) is 11.8 Å². The van der Waals surface area contributed by atoms with Crippen LogP contribution in [0.1, 0.15) is 32.1 Å². The zero-order chi connectivity index (χ0) is 11.4. The van der Waals surface area contributed by atoms with Crippen molar-refractivity contribution in [2.24, 2.45) is 0 Å². The number of nitrogens with zero attached hydrogens (tertiary/aromatic N) is 1. The molecule has 1 heterocycles. The number of rotatable bonds is 2. The van der Waals surface area contributed by atoms with E-state index in [0.717, 1.165) is 36.1 Å². The standard InChI is InChI=1S/C12H19NOS2/c1-2-10-16-11(15)13-8-9-14-12(13)6-4-3-5-7-12/h2H,1,3-10H2. The van der Waals surface area contributed by atoms with Crippen LogP contribution in [0.3, 0.4) is 0 Å². The van der Waals surface area contributed by atoms with Crippen molar-refractivity contribution in [1.29, 1.82) is 0 Å². The first-order chi connectivity index (χ1) is 7.78. The number of thiocarbonyl (C=S) groups is 1. The summed E-state index contributed by atoms with van der Waals surface area (Å²) in [7, 11) is 0. The van der Waals surface area contributed by atoms with Crippen molar-refractivity contribution in [3.05, 3.63) is 12.7 Å². The molecule has 0 aromatic rings. The highest BCUT2D eigenvalue weighted by molar-refractivity contribution is 8.23. The van der Waals surface area contributed by atoms with Gasteiger partial charge in [0.2, 0.25) is 0 Å². The Kier molecular flexibility index (Phi) is 4.27. The zero-order valence-electron chi connectivity index (χ0n) is 9.61. The highest BCUT2D eigenvalue weighted by Crippen LogP contribution is 2.39. The molecule has 0 radical (unpaired) electrons. The Bertz CT molecular complexity index is 274. The van der Waals surface area contributed by atoms with Crippen LogP contribution >= 0.6 is 24.0 Å². The SMILES string of the molecule is C=CCSC(=S)N1CCOC12CCCCC2. The van der Waals surface area contributed by atoms with E-state index in [4.69, 9.17) is 17.0 Å². The minimum Gasteiger partial charge on any atom is -0.354 e. The Morgan fingerprint density at radius 3 is 2.88 bits per heavy atom. The Hall–Kier alpha value is -0.0600. The lowest BCUT2D eigenvalue weighted by Gasteiger charge is -2.41. The molecule has 1 saturated heterocycles. The lowest BCUT2D eigenvalue weighted by atomic mass is 9.91. The van der Waals surface area contributed by atoms with E-state index in [9.17, 15) is 0 Å². The molecule has 0 aromatic heterocycles. The predicted octanol–water partition coefficient (Wildman–Crippen LogP) is 3.18. The Labute approximate surface area is 107 Å². The van der Waals surface area contributed by atoms with Crippen molar-refractivity contribution in [2.75, 3.05) is 18.9 Å². The second kappa shape index (κ2) is 5.52. The average molecular weight is 257 g/mol. The van der Waals surface area contributed by atoms with Crippen molar-refractivity contribution < 1.29 is 4.74 Å². The van der Waals surface area contributed by atoms with Crippen molar-refractivity contribution >= 4 is 28.3 Å². The summed E-state index contributed by atoms with van der Waals surface area (Å²) >= 11 is 7.19. The second-order valence-corrected chi connectivity index (χ2v) is 6.03. The minimum absolute atomic E-state index is 0.0521. The largest absolute Gasteiger partial charge is 0.354 e. The fourth-order valence-electron chi connectivity index (χ4n) is 2.59. The van der Waals surface area contributed by atoms with E-state index in [2.05, 4.69) is 11.5 Å². The summed E-state index contributed by atoms with van der Waals surface area (Å²) in [4.78, 5) is 2.32. The van der Waals surface area contributed by atoms with Gasteiger partial charge in [0.05, 0.1) is 6.61 Å². The Morgan fingerprint density at radius 1 is 1.44 bits per heavy atom. The van der Waals surface area contributed by atoms with Gasteiger partial charge in [-0.15, -0.1) is 6.58 Å². The van der Waals surface area contributed by atoms with Crippen molar-refractivity contribution in [1.82, 2.24) is 4.90 Å². The van der Waals surface area contributed by atoms with Crippen LogP contribution in [0.15, 0.2) is 12.7 Å². The fraction of sp³-hybridized carbons (Fsp3) is 0.750. The third-order valence-electron chi connectivity index (χ3n) is 3.36. The summed E-state index contributed by atoms with van der Waals surface area (Å²) in [6, 6.07) is 0. The van der Waals surface area contributed by atoms with Crippen LogP contribution in [0.5, 0.6) is 0 Å². The fourth-order valence-corrected chi connectivity index (χ4v) is 3.73. The molecule has 0 aromatic carbocycles. The van der Waals surface area contributed by atoms with Crippen molar-refractivity contribution in [3.8, 4) is 0 Å². The van der Waals surface area contributed by atoms with Gasteiger partial charge in [0.1, 0.15) is 10.0 Å². The number of ether oxygens (including phenoxy) is 1. The number of thioether (sulfide) groups is 1. The highest BCUT2D eigenvalue weighted by Gasteiger charge is 2.43. The molecule has 4 heteroatoms. The summed E-state index contributed by atoms with van der Waals surface area (Å²) in [5.74, 6) is 0.894. The van der Waals surface area contributed by atoms with Gasteiger partial charge in [0.15, 0.2) is 0 Å². The maximum absolute atomic E-state index is 5.99. The van der Waals surface area contributed by atoms with Gasteiger partial charge < -0.3 is 9.64 Å². The van der Waals surface area contributed by atoms with Crippen LogP contribution in [0, 0.1) is 0 Å². The highest BCUT2D eigenvalue weighted by atomic mass is 32.2. The summed E-state index contributed by atoms with van der Waals surface area (Å²) in [6.07, 6.45) is 8.06.